The van der Waals surface area contributed by atoms with E-state index in [1.54, 1.807) is 24.3 Å². The van der Waals surface area contributed by atoms with E-state index in [0.29, 0.717) is 73.8 Å². The summed E-state index contributed by atoms with van der Waals surface area (Å²) in [6.07, 6.45) is 3.30. The third kappa shape index (κ3) is 15.2. The van der Waals surface area contributed by atoms with Crippen LogP contribution >= 0.6 is 0 Å². The Hall–Kier alpha value is -6.59. The Kier molecular flexibility index (Phi) is 18.3. The molecular weight excluding hydrogens is 775 g/mol. The van der Waals surface area contributed by atoms with E-state index < -0.39 is 11.6 Å². The van der Waals surface area contributed by atoms with Crippen LogP contribution in [0.25, 0.3) is 0 Å². The second-order valence-electron chi connectivity index (χ2n) is 14.1. The first-order chi connectivity index (χ1) is 29.7. The van der Waals surface area contributed by atoms with Crippen LogP contribution in [0.4, 0.5) is 20.2 Å². The van der Waals surface area contributed by atoms with Crippen LogP contribution in [0, 0.1) is 11.6 Å². The van der Waals surface area contributed by atoms with Crippen molar-refractivity contribution in [3.63, 3.8) is 0 Å². The van der Waals surface area contributed by atoms with Gasteiger partial charge in [-0.3, -0.25) is 4.79 Å². The molecule has 1 amide bonds. The Morgan fingerprint density at radius 2 is 0.967 bits per heavy atom. The Balaban J connectivity index is 0.000000232. The van der Waals surface area contributed by atoms with Crippen molar-refractivity contribution in [2.75, 3.05) is 36.8 Å². The SMILES string of the molecule is CCc1ccc(Oc2ccc(NCCCN)cc2F)c(OCc2ccccc2)c1.CCc1ccc(Oc2ccc(NCCCNC(C)=O)cc2F)c(OCc2ccccc2)c1. The molecule has 11 heteroatoms. The molecule has 320 valence electrons. The summed E-state index contributed by atoms with van der Waals surface area (Å²) in [5, 5.41) is 9.01. The molecule has 0 spiro atoms. The van der Waals surface area contributed by atoms with Crippen LogP contribution < -0.4 is 40.6 Å². The Morgan fingerprint density at radius 1 is 0.525 bits per heavy atom. The molecule has 0 aromatic heterocycles. The van der Waals surface area contributed by atoms with Crippen molar-refractivity contribution in [3.8, 4) is 34.5 Å². The van der Waals surface area contributed by atoms with E-state index in [-0.39, 0.29) is 17.4 Å². The lowest BCUT2D eigenvalue weighted by Gasteiger charge is -2.15. The lowest BCUT2D eigenvalue weighted by atomic mass is 10.1. The molecule has 6 aromatic rings. The Morgan fingerprint density at radius 3 is 1.38 bits per heavy atom. The Bertz CT molecular complexity index is 2260. The minimum atomic E-state index is -0.467. The molecule has 0 heterocycles. The van der Waals surface area contributed by atoms with E-state index >= 15 is 0 Å². The van der Waals surface area contributed by atoms with Gasteiger partial charge in [0.15, 0.2) is 46.1 Å². The van der Waals surface area contributed by atoms with Gasteiger partial charge in [-0.15, -0.1) is 0 Å². The number of hydrogen-bond donors (Lipinski definition) is 4. The van der Waals surface area contributed by atoms with E-state index in [1.165, 1.54) is 19.1 Å². The van der Waals surface area contributed by atoms with Crippen molar-refractivity contribution in [3.05, 3.63) is 167 Å². The summed E-state index contributed by atoms with van der Waals surface area (Å²) >= 11 is 0. The molecule has 5 N–H and O–H groups in total. The third-order valence-electron chi connectivity index (χ3n) is 9.38. The minimum absolute atomic E-state index is 0.0587. The molecule has 0 radical (unpaired) electrons. The average Bonchev–Trinajstić information content (AvgIpc) is 3.28. The first-order valence-corrected chi connectivity index (χ1v) is 20.7. The molecule has 0 saturated heterocycles. The van der Waals surface area contributed by atoms with E-state index in [4.69, 9.17) is 24.7 Å². The molecule has 0 bridgehead atoms. The quantitative estimate of drug-likeness (QED) is 0.0530. The van der Waals surface area contributed by atoms with Gasteiger partial charge in [0.1, 0.15) is 13.2 Å². The van der Waals surface area contributed by atoms with Gasteiger partial charge < -0.3 is 40.6 Å². The Labute approximate surface area is 358 Å². The van der Waals surface area contributed by atoms with Gasteiger partial charge in [0.2, 0.25) is 5.91 Å². The van der Waals surface area contributed by atoms with Crippen molar-refractivity contribution in [2.45, 2.75) is 59.7 Å². The number of ether oxygens (including phenoxy) is 4. The van der Waals surface area contributed by atoms with Crippen molar-refractivity contribution < 1.29 is 32.5 Å². The number of amides is 1. The number of carbonyl (C=O) groups excluding carboxylic acids is 1. The lowest BCUT2D eigenvalue weighted by molar-refractivity contribution is -0.118. The fraction of sp³-hybridized carbons (Fsp3) is 0.260. The van der Waals surface area contributed by atoms with Crippen LogP contribution in [0.5, 0.6) is 34.5 Å². The molecular formula is C50H56F2N4O5. The maximum Gasteiger partial charge on any atom is 0.216 e. The van der Waals surface area contributed by atoms with Gasteiger partial charge >= 0.3 is 0 Å². The van der Waals surface area contributed by atoms with Gasteiger partial charge in [-0.1, -0.05) is 86.6 Å². The highest BCUT2D eigenvalue weighted by Crippen LogP contribution is 2.36. The fourth-order valence-electron chi connectivity index (χ4n) is 5.95. The number of halogens is 2. The second kappa shape index (κ2) is 24.5. The molecule has 0 fully saturated rings. The summed E-state index contributed by atoms with van der Waals surface area (Å²) in [5.74, 6) is 1.45. The zero-order valence-electron chi connectivity index (χ0n) is 35.1. The van der Waals surface area contributed by atoms with Crippen molar-refractivity contribution >= 4 is 17.3 Å². The predicted octanol–water partition coefficient (Wildman–Crippen LogP) is 11.2. The van der Waals surface area contributed by atoms with E-state index in [0.717, 1.165) is 47.9 Å². The summed E-state index contributed by atoms with van der Waals surface area (Å²) in [6, 6.07) is 40.8. The van der Waals surface area contributed by atoms with Gasteiger partial charge in [-0.2, -0.15) is 0 Å². The third-order valence-corrected chi connectivity index (χ3v) is 9.38. The molecule has 9 nitrogen and oxygen atoms in total. The minimum Gasteiger partial charge on any atom is -0.485 e. The lowest BCUT2D eigenvalue weighted by Crippen LogP contribution is -2.22. The van der Waals surface area contributed by atoms with Crippen LogP contribution in [0.1, 0.15) is 55.9 Å². The second-order valence-corrected chi connectivity index (χ2v) is 14.1. The van der Waals surface area contributed by atoms with Crippen molar-refractivity contribution in [1.29, 1.82) is 0 Å². The predicted molar refractivity (Wildman–Crippen MR) is 240 cm³/mol. The highest BCUT2D eigenvalue weighted by Gasteiger charge is 2.14. The molecule has 0 atom stereocenters. The van der Waals surface area contributed by atoms with Gasteiger partial charge in [0, 0.05) is 50.1 Å². The molecule has 0 aliphatic heterocycles. The number of nitrogens with one attached hydrogen (secondary N) is 3. The first kappa shape index (κ1) is 45.5. The van der Waals surface area contributed by atoms with Crippen LogP contribution in [0.3, 0.4) is 0 Å². The van der Waals surface area contributed by atoms with Crippen LogP contribution in [-0.2, 0) is 30.8 Å². The van der Waals surface area contributed by atoms with Crippen molar-refractivity contribution in [2.24, 2.45) is 5.73 Å². The molecule has 61 heavy (non-hydrogen) atoms. The number of hydrogen-bond acceptors (Lipinski definition) is 8. The monoisotopic (exact) mass is 830 g/mol. The van der Waals surface area contributed by atoms with Gasteiger partial charge in [0.25, 0.3) is 0 Å². The number of benzene rings is 6. The standard InChI is InChI=1S/C26H29FN2O3.C24H27FN2O2/c1-3-20-10-12-25(26(16-20)31-18-21-8-5-4-6-9-21)32-24-13-11-22(17-23(24)27)29-15-7-14-28-19(2)30;1-2-18-9-11-23(24(15-18)28-17-19-7-4-3-5-8-19)29-22-12-10-20(16-21(22)25)27-14-6-13-26/h4-6,8-13,16-17,29H,3,7,14-15,18H2,1-2H3,(H,28,30);3-5,7-12,15-16,27H,2,6,13-14,17,26H2,1H3. The summed E-state index contributed by atoms with van der Waals surface area (Å²) in [6.45, 7) is 8.93. The zero-order valence-corrected chi connectivity index (χ0v) is 35.1. The summed E-state index contributed by atoms with van der Waals surface area (Å²) in [7, 11) is 0. The van der Waals surface area contributed by atoms with Gasteiger partial charge in [0.05, 0.1) is 0 Å². The van der Waals surface area contributed by atoms with Crippen LogP contribution in [-0.4, -0.2) is 32.1 Å². The first-order valence-electron chi connectivity index (χ1n) is 20.7. The molecule has 0 aliphatic rings. The van der Waals surface area contributed by atoms with E-state index in [9.17, 15) is 13.6 Å². The number of carbonyl (C=O) groups is 1. The summed E-state index contributed by atoms with van der Waals surface area (Å²) in [4.78, 5) is 10.9. The van der Waals surface area contributed by atoms with Crippen LogP contribution in [0.15, 0.2) is 133 Å². The van der Waals surface area contributed by atoms with Crippen molar-refractivity contribution in [1.82, 2.24) is 5.32 Å². The molecule has 0 saturated carbocycles. The van der Waals surface area contributed by atoms with E-state index in [1.807, 2.05) is 97.1 Å². The maximum absolute atomic E-state index is 14.7. The number of nitrogens with two attached hydrogens (primary N) is 1. The molecule has 0 unspecified atom stereocenters. The zero-order chi connectivity index (χ0) is 43.2. The van der Waals surface area contributed by atoms with E-state index in [2.05, 4.69) is 29.8 Å². The number of rotatable bonds is 21. The largest absolute Gasteiger partial charge is 0.485 e. The normalized spacial score (nSPS) is 10.5. The topological polar surface area (TPSA) is 116 Å². The smallest absolute Gasteiger partial charge is 0.216 e. The molecule has 6 rings (SSSR count). The van der Waals surface area contributed by atoms with Gasteiger partial charge in [-0.25, -0.2) is 8.78 Å². The molecule has 6 aromatic carbocycles. The maximum atomic E-state index is 14.7. The highest BCUT2D eigenvalue weighted by molar-refractivity contribution is 5.72. The number of anilines is 2. The fourth-order valence-corrected chi connectivity index (χ4v) is 5.95. The summed E-state index contributed by atoms with van der Waals surface area (Å²) < 4.78 is 53.0. The summed E-state index contributed by atoms with van der Waals surface area (Å²) in [5.41, 5.74) is 11.2. The highest BCUT2D eigenvalue weighted by atomic mass is 19.1. The van der Waals surface area contributed by atoms with Gasteiger partial charge in [-0.05, 0) is 103 Å². The van der Waals surface area contributed by atoms with Crippen LogP contribution in [0.2, 0.25) is 0 Å². The molecule has 0 aliphatic carbocycles. The number of aryl methyl sites for hydroxylation is 2. The average molecular weight is 831 g/mol.